The molecular weight excluding hydrogens is 427 g/mol. The average Bonchev–Trinajstić information content (AvgIpc) is 3.25. The van der Waals surface area contributed by atoms with E-state index in [4.69, 9.17) is 27.2 Å². The molecule has 0 bridgehead atoms. The van der Waals surface area contributed by atoms with E-state index >= 15 is 0 Å². The van der Waals surface area contributed by atoms with Gasteiger partial charge in [0, 0.05) is 17.7 Å². The number of fused-ring (bicyclic) bond motifs is 1. The summed E-state index contributed by atoms with van der Waals surface area (Å²) in [5.41, 5.74) is 4.85. The third-order valence-electron chi connectivity index (χ3n) is 3.72. The average molecular weight is 437 g/mol. The molecule has 11 heteroatoms. The van der Waals surface area contributed by atoms with Crippen LogP contribution in [0.2, 0.25) is 5.02 Å². The first-order chi connectivity index (χ1) is 13.7. The molecule has 2 aromatic rings. The van der Waals surface area contributed by atoms with Crippen LogP contribution in [0.5, 0.6) is 0 Å². The van der Waals surface area contributed by atoms with Gasteiger partial charge >= 0.3 is 18.0 Å². The Morgan fingerprint density at radius 2 is 2.00 bits per heavy atom. The molecule has 1 aliphatic rings. The lowest BCUT2D eigenvalue weighted by atomic mass is 10.0. The number of urea groups is 1. The zero-order chi connectivity index (χ0) is 21.3. The highest BCUT2D eigenvalue weighted by molar-refractivity contribution is 7.11. The fourth-order valence-electron chi connectivity index (χ4n) is 2.60. The van der Waals surface area contributed by atoms with Crippen LogP contribution in [0.3, 0.4) is 0 Å². The van der Waals surface area contributed by atoms with Gasteiger partial charge in [0.2, 0.25) is 0 Å². The quantitative estimate of drug-likeness (QED) is 0.431. The summed E-state index contributed by atoms with van der Waals surface area (Å²) < 4.78 is 19.3. The number of hydrogen-bond donors (Lipinski definition) is 2. The van der Waals surface area contributed by atoms with E-state index in [1.165, 1.54) is 6.07 Å². The third kappa shape index (κ3) is 3.89. The number of esters is 1. The van der Waals surface area contributed by atoms with Crippen LogP contribution < -0.4 is 10.6 Å². The largest absolute Gasteiger partial charge is 0.478 e. The molecule has 1 aromatic heterocycles. The van der Waals surface area contributed by atoms with Gasteiger partial charge in [-0.05, 0) is 23.6 Å². The maximum absolute atomic E-state index is 14.1. The number of nitrogens with two attached hydrogens (primary N) is 1. The minimum atomic E-state index is -1.38. The minimum absolute atomic E-state index is 0.0610. The number of carbonyl (C=O) groups excluding carboxylic acids is 3. The van der Waals surface area contributed by atoms with Crippen molar-refractivity contribution >= 4 is 63.8 Å². The van der Waals surface area contributed by atoms with E-state index < -0.39 is 29.7 Å². The summed E-state index contributed by atoms with van der Waals surface area (Å²) in [6, 6.07) is 3.96. The highest BCUT2D eigenvalue weighted by Crippen LogP contribution is 2.43. The van der Waals surface area contributed by atoms with Crippen molar-refractivity contribution in [3.63, 3.8) is 0 Å². The van der Waals surface area contributed by atoms with Crippen LogP contribution in [-0.4, -0.2) is 29.0 Å². The van der Waals surface area contributed by atoms with Crippen LogP contribution in [0.1, 0.15) is 10.4 Å². The number of carbonyl (C=O) groups is 4. The lowest BCUT2D eigenvalue weighted by molar-refractivity contribution is -0.134. The molecule has 0 atom stereocenters. The SMILES string of the molecule is NC(=O)N1C(=O)/C(=C(/OC(=O)/C=C/C(=O)O)c2cccs2)c2cc(F)c(Cl)cc21. The Hall–Kier alpha value is -3.50. The number of thiophene rings is 1. The second-order valence-corrected chi connectivity index (χ2v) is 6.89. The predicted molar refractivity (Wildman–Crippen MR) is 102 cm³/mol. The smallest absolute Gasteiger partial charge is 0.336 e. The number of amides is 3. The molecule has 3 rings (SSSR count). The van der Waals surface area contributed by atoms with Gasteiger partial charge in [-0.25, -0.2) is 23.7 Å². The monoisotopic (exact) mass is 436 g/mol. The molecule has 2 heterocycles. The van der Waals surface area contributed by atoms with Gasteiger partial charge in [-0.15, -0.1) is 11.3 Å². The molecule has 3 amide bonds. The highest BCUT2D eigenvalue weighted by atomic mass is 35.5. The van der Waals surface area contributed by atoms with Crippen molar-refractivity contribution in [3.8, 4) is 0 Å². The van der Waals surface area contributed by atoms with Crippen molar-refractivity contribution < 1.29 is 33.4 Å². The molecule has 0 saturated heterocycles. The third-order valence-corrected chi connectivity index (χ3v) is 4.88. The van der Waals surface area contributed by atoms with Crippen LogP contribution in [-0.2, 0) is 19.1 Å². The number of imide groups is 1. The first kappa shape index (κ1) is 20.2. The zero-order valence-corrected chi connectivity index (χ0v) is 15.8. The Labute approximate surface area is 171 Å². The van der Waals surface area contributed by atoms with Gasteiger partial charge in [0.1, 0.15) is 5.82 Å². The number of hydrogen-bond acceptors (Lipinski definition) is 6. The number of primary amides is 1. The number of rotatable bonds is 4. The first-order valence-electron chi connectivity index (χ1n) is 7.75. The Morgan fingerprint density at radius 3 is 2.59 bits per heavy atom. The van der Waals surface area contributed by atoms with E-state index in [-0.39, 0.29) is 27.6 Å². The summed E-state index contributed by atoms with van der Waals surface area (Å²) in [7, 11) is 0. The second-order valence-electron chi connectivity index (χ2n) is 5.54. The van der Waals surface area contributed by atoms with Crippen molar-refractivity contribution in [1.82, 2.24) is 0 Å². The lowest BCUT2D eigenvalue weighted by Crippen LogP contribution is -2.38. The number of nitrogens with zero attached hydrogens (tertiary/aromatic N) is 1. The Bertz CT molecular complexity index is 1110. The Balaban J connectivity index is 2.24. The van der Waals surface area contributed by atoms with Crippen LogP contribution >= 0.6 is 22.9 Å². The summed E-state index contributed by atoms with van der Waals surface area (Å²) >= 11 is 6.86. The van der Waals surface area contributed by atoms with Crippen molar-refractivity contribution in [2.24, 2.45) is 5.73 Å². The molecule has 0 fully saturated rings. The molecule has 1 aromatic carbocycles. The van der Waals surface area contributed by atoms with Gasteiger partial charge in [0.25, 0.3) is 5.91 Å². The van der Waals surface area contributed by atoms with Crippen LogP contribution in [0, 0.1) is 5.82 Å². The standard InChI is InChI=1S/C18H10ClFN2O6S/c19-9-7-11-8(6-10(9)20)15(17(26)22(11)18(21)27)16(12-2-1-5-29-12)28-14(25)4-3-13(23)24/h1-7H,(H2,21,27)(H,23,24)/b4-3+,16-15+. The van der Waals surface area contributed by atoms with Crippen molar-refractivity contribution in [2.45, 2.75) is 0 Å². The zero-order valence-electron chi connectivity index (χ0n) is 14.2. The predicted octanol–water partition coefficient (Wildman–Crippen LogP) is 3.02. The topological polar surface area (TPSA) is 127 Å². The molecule has 148 valence electrons. The number of carboxylic acids is 1. The maximum Gasteiger partial charge on any atom is 0.336 e. The van der Waals surface area contributed by atoms with Gasteiger partial charge in [-0.3, -0.25) is 4.79 Å². The number of ether oxygens (including phenoxy) is 1. The number of anilines is 1. The van der Waals surface area contributed by atoms with Gasteiger partial charge in [-0.1, -0.05) is 17.7 Å². The molecule has 0 spiro atoms. The number of halogens is 2. The molecule has 0 saturated carbocycles. The van der Waals surface area contributed by atoms with Crippen molar-refractivity contribution in [1.29, 1.82) is 0 Å². The van der Waals surface area contributed by atoms with E-state index in [1.54, 1.807) is 11.4 Å². The lowest BCUT2D eigenvalue weighted by Gasteiger charge is -2.12. The van der Waals surface area contributed by atoms with Gasteiger partial charge < -0.3 is 15.6 Å². The highest BCUT2D eigenvalue weighted by Gasteiger charge is 2.40. The first-order valence-corrected chi connectivity index (χ1v) is 9.00. The maximum atomic E-state index is 14.1. The molecule has 0 unspecified atom stereocenters. The molecule has 29 heavy (non-hydrogen) atoms. The molecule has 0 aliphatic carbocycles. The van der Waals surface area contributed by atoms with Crippen LogP contribution in [0.25, 0.3) is 11.3 Å². The van der Waals surface area contributed by atoms with Crippen molar-refractivity contribution in [3.05, 3.63) is 63.1 Å². The second kappa shape index (κ2) is 7.86. The summed E-state index contributed by atoms with van der Waals surface area (Å²) in [6.45, 7) is 0. The fraction of sp³-hybridized carbons (Fsp3) is 0. The van der Waals surface area contributed by atoms with Gasteiger partial charge in [0.05, 0.1) is 21.2 Å². The van der Waals surface area contributed by atoms with Gasteiger partial charge in [-0.2, -0.15) is 0 Å². The van der Waals surface area contributed by atoms with E-state index in [0.717, 1.165) is 23.5 Å². The number of carboxylic acid groups (broad SMARTS) is 1. The van der Waals surface area contributed by atoms with E-state index in [9.17, 15) is 23.6 Å². The van der Waals surface area contributed by atoms with E-state index in [1.807, 2.05) is 0 Å². The fourth-order valence-corrected chi connectivity index (χ4v) is 3.47. The molecular formula is C18H10ClFN2O6S. The summed E-state index contributed by atoms with van der Waals surface area (Å²) in [5, 5.41) is 9.93. The number of benzene rings is 1. The molecule has 1 aliphatic heterocycles. The summed E-state index contributed by atoms with van der Waals surface area (Å²) in [5.74, 6) is -4.58. The molecule has 8 nitrogen and oxygen atoms in total. The van der Waals surface area contributed by atoms with Crippen LogP contribution in [0.15, 0.2) is 41.8 Å². The Kier molecular flexibility index (Phi) is 5.48. The minimum Gasteiger partial charge on any atom is -0.478 e. The van der Waals surface area contributed by atoms with Crippen LogP contribution in [0.4, 0.5) is 14.9 Å². The Morgan fingerprint density at radius 1 is 1.28 bits per heavy atom. The molecule has 0 radical (unpaired) electrons. The summed E-state index contributed by atoms with van der Waals surface area (Å²) in [4.78, 5) is 48.3. The summed E-state index contributed by atoms with van der Waals surface area (Å²) in [6.07, 6.45) is 1.20. The number of aliphatic carboxylic acids is 1. The molecule has 3 N–H and O–H groups in total. The van der Waals surface area contributed by atoms with E-state index in [0.29, 0.717) is 21.9 Å². The normalized spacial score (nSPS) is 14.8. The van der Waals surface area contributed by atoms with Crippen molar-refractivity contribution in [2.75, 3.05) is 4.90 Å². The van der Waals surface area contributed by atoms with Gasteiger partial charge in [0.15, 0.2) is 5.76 Å². The van der Waals surface area contributed by atoms with E-state index in [2.05, 4.69) is 0 Å².